The zero-order valence-corrected chi connectivity index (χ0v) is 5.99. The van der Waals surface area contributed by atoms with Crippen molar-refractivity contribution in [1.29, 1.82) is 0 Å². The number of hydrogen-bond donors (Lipinski definition) is 0. The van der Waals surface area contributed by atoms with Crippen LogP contribution in [0.2, 0.25) is 0 Å². The molecule has 0 aromatic rings. The summed E-state index contributed by atoms with van der Waals surface area (Å²) in [5, 5.41) is 0. The van der Waals surface area contributed by atoms with E-state index in [1.807, 2.05) is 0 Å². The molecule has 1 heterocycles. The van der Waals surface area contributed by atoms with Gasteiger partial charge >= 0.3 is 0 Å². The zero-order chi connectivity index (χ0) is 5.98. The first kappa shape index (κ1) is 6.17. The highest BCUT2D eigenvalue weighted by Gasteiger charge is 2.10. The van der Waals surface area contributed by atoms with Crippen LogP contribution in [0.1, 0.15) is 6.92 Å². The largest absolute Gasteiger partial charge is 0.359 e. The summed E-state index contributed by atoms with van der Waals surface area (Å²) in [4.78, 5) is 0. The van der Waals surface area contributed by atoms with Gasteiger partial charge in [0, 0.05) is 0 Å². The Morgan fingerprint density at radius 1 is 1.88 bits per heavy atom. The Bertz CT molecular complexity index is 109. The third kappa shape index (κ3) is 1.26. The molecular weight excluding hydrogens is 120 g/mol. The average Bonchev–Trinajstić information content (AvgIpc) is 2.14. The van der Waals surface area contributed by atoms with Gasteiger partial charge in [-0.1, -0.05) is 0 Å². The maximum atomic E-state index is 5.28. The molecule has 1 rings (SSSR count). The van der Waals surface area contributed by atoms with Crippen molar-refractivity contribution >= 4 is 11.8 Å². The van der Waals surface area contributed by atoms with E-state index < -0.39 is 0 Å². The van der Waals surface area contributed by atoms with Crippen LogP contribution in [0.4, 0.5) is 0 Å². The molecule has 0 bridgehead atoms. The summed E-state index contributed by atoms with van der Waals surface area (Å²) < 4.78 is 5.28. The van der Waals surface area contributed by atoms with E-state index >= 15 is 0 Å². The van der Waals surface area contributed by atoms with Crippen LogP contribution in [0.5, 0.6) is 0 Å². The van der Waals surface area contributed by atoms with Crippen molar-refractivity contribution < 1.29 is 4.74 Å². The van der Waals surface area contributed by atoms with Crippen LogP contribution in [-0.2, 0) is 4.74 Å². The van der Waals surface area contributed by atoms with E-state index in [0.29, 0.717) is 5.44 Å². The molecule has 1 unspecified atom stereocenters. The summed E-state index contributed by atoms with van der Waals surface area (Å²) in [5.74, 6) is 0. The average molecular weight is 130 g/mol. The molecule has 0 saturated heterocycles. The highest BCUT2D eigenvalue weighted by atomic mass is 32.2. The maximum Gasteiger partial charge on any atom is 0.122 e. The predicted octanol–water partition coefficient (Wildman–Crippen LogP) is 1.65. The first-order valence-electron chi connectivity index (χ1n) is 2.64. The van der Waals surface area contributed by atoms with Crippen molar-refractivity contribution in [2.24, 2.45) is 0 Å². The van der Waals surface area contributed by atoms with Crippen LogP contribution in [0, 0.1) is 0 Å². The minimum absolute atomic E-state index is 0.329. The number of thioether (sulfide) groups is 1. The van der Waals surface area contributed by atoms with Crippen LogP contribution in [0.3, 0.4) is 0 Å². The maximum absolute atomic E-state index is 5.28. The molecule has 0 radical (unpaired) electrons. The van der Waals surface area contributed by atoms with Gasteiger partial charge in [-0.3, -0.25) is 0 Å². The summed E-state index contributed by atoms with van der Waals surface area (Å²) in [7, 11) is 0. The molecule has 1 aliphatic heterocycles. The summed E-state index contributed by atoms with van der Waals surface area (Å²) in [5.41, 5.74) is 1.68. The van der Waals surface area contributed by atoms with Gasteiger partial charge in [0.2, 0.25) is 0 Å². The molecule has 0 aliphatic carbocycles. The van der Waals surface area contributed by atoms with Crippen molar-refractivity contribution in [2.75, 3.05) is 12.9 Å². The molecule has 46 valence electrons. The SMILES string of the molecule is CSC1C=C(C)CO1. The lowest BCUT2D eigenvalue weighted by Crippen LogP contribution is -1.95. The molecule has 0 spiro atoms. The summed E-state index contributed by atoms with van der Waals surface area (Å²) in [6, 6.07) is 0. The standard InChI is InChI=1S/C6H10OS/c1-5-3-6(8-2)7-4-5/h3,6H,4H2,1-2H3. The third-order valence-corrected chi connectivity index (χ3v) is 1.86. The first-order chi connectivity index (χ1) is 3.83. The number of hydrogen-bond acceptors (Lipinski definition) is 2. The molecule has 0 saturated carbocycles. The summed E-state index contributed by atoms with van der Waals surface area (Å²) >= 11 is 1.74. The van der Waals surface area contributed by atoms with Gasteiger partial charge in [0.05, 0.1) is 6.61 Å². The van der Waals surface area contributed by atoms with E-state index in [-0.39, 0.29) is 0 Å². The van der Waals surface area contributed by atoms with E-state index in [4.69, 9.17) is 4.74 Å². The second-order valence-corrected chi connectivity index (χ2v) is 2.86. The highest BCUT2D eigenvalue weighted by molar-refractivity contribution is 7.99. The Balaban J connectivity index is 2.41. The van der Waals surface area contributed by atoms with Gasteiger partial charge < -0.3 is 4.74 Å². The fourth-order valence-electron chi connectivity index (χ4n) is 0.678. The van der Waals surface area contributed by atoms with Gasteiger partial charge in [0.15, 0.2) is 0 Å². The summed E-state index contributed by atoms with van der Waals surface area (Å²) in [6.45, 7) is 2.92. The van der Waals surface area contributed by atoms with Crippen LogP contribution in [-0.4, -0.2) is 18.3 Å². The lowest BCUT2D eigenvalue weighted by Gasteiger charge is -2.00. The van der Waals surface area contributed by atoms with E-state index in [9.17, 15) is 0 Å². The molecule has 0 aromatic carbocycles. The van der Waals surface area contributed by atoms with Gasteiger partial charge in [-0.25, -0.2) is 0 Å². The molecule has 1 atom stereocenters. The Labute approximate surface area is 54.1 Å². The molecular formula is C6H10OS. The molecule has 0 fully saturated rings. The minimum atomic E-state index is 0.329. The smallest absolute Gasteiger partial charge is 0.122 e. The van der Waals surface area contributed by atoms with Crippen LogP contribution in [0.25, 0.3) is 0 Å². The Morgan fingerprint density at radius 3 is 2.88 bits per heavy atom. The molecule has 1 aliphatic rings. The van der Waals surface area contributed by atoms with Crippen molar-refractivity contribution in [3.63, 3.8) is 0 Å². The van der Waals surface area contributed by atoms with Gasteiger partial charge in [-0.05, 0) is 24.8 Å². The third-order valence-electron chi connectivity index (χ3n) is 1.13. The van der Waals surface area contributed by atoms with Gasteiger partial charge in [-0.2, -0.15) is 0 Å². The number of ether oxygens (including phenoxy) is 1. The Hall–Kier alpha value is 0.0500. The van der Waals surface area contributed by atoms with E-state index in [1.54, 1.807) is 11.8 Å². The second-order valence-electron chi connectivity index (χ2n) is 1.93. The second kappa shape index (κ2) is 2.55. The highest BCUT2D eigenvalue weighted by Crippen LogP contribution is 2.18. The quantitative estimate of drug-likeness (QED) is 0.499. The molecule has 2 heteroatoms. The van der Waals surface area contributed by atoms with Crippen molar-refractivity contribution in [3.8, 4) is 0 Å². The Morgan fingerprint density at radius 2 is 2.62 bits per heavy atom. The lowest BCUT2D eigenvalue weighted by molar-refractivity contribution is 0.185. The van der Waals surface area contributed by atoms with Crippen molar-refractivity contribution in [1.82, 2.24) is 0 Å². The fourth-order valence-corrected chi connectivity index (χ4v) is 1.25. The van der Waals surface area contributed by atoms with E-state index in [0.717, 1.165) is 6.61 Å². The predicted molar refractivity (Wildman–Crippen MR) is 37.0 cm³/mol. The van der Waals surface area contributed by atoms with Crippen LogP contribution < -0.4 is 0 Å². The van der Waals surface area contributed by atoms with E-state index in [2.05, 4.69) is 19.3 Å². The minimum Gasteiger partial charge on any atom is -0.359 e. The molecule has 0 aromatic heterocycles. The molecule has 0 N–H and O–H groups in total. The van der Waals surface area contributed by atoms with Crippen molar-refractivity contribution in [3.05, 3.63) is 11.6 Å². The molecule has 8 heavy (non-hydrogen) atoms. The first-order valence-corrected chi connectivity index (χ1v) is 3.93. The monoisotopic (exact) mass is 130 g/mol. The molecule has 0 amide bonds. The lowest BCUT2D eigenvalue weighted by atomic mass is 10.3. The fraction of sp³-hybridized carbons (Fsp3) is 0.667. The van der Waals surface area contributed by atoms with Crippen molar-refractivity contribution in [2.45, 2.75) is 12.4 Å². The van der Waals surface area contributed by atoms with Gasteiger partial charge in [0.25, 0.3) is 0 Å². The topological polar surface area (TPSA) is 9.23 Å². The van der Waals surface area contributed by atoms with Gasteiger partial charge in [0.1, 0.15) is 5.44 Å². The van der Waals surface area contributed by atoms with Crippen LogP contribution >= 0.6 is 11.8 Å². The van der Waals surface area contributed by atoms with Gasteiger partial charge in [-0.15, -0.1) is 11.8 Å². The number of rotatable bonds is 1. The zero-order valence-electron chi connectivity index (χ0n) is 5.18. The van der Waals surface area contributed by atoms with Crippen LogP contribution in [0.15, 0.2) is 11.6 Å². The van der Waals surface area contributed by atoms with E-state index in [1.165, 1.54) is 5.57 Å². The summed E-state index contributed by atoms with van der Waals surface area (Å²) in [6.07, 6.45) is 4.21. The molecule has 1 nitrogen and oxygen atoms in total. The normalized spacial score (nSPS) is 28.2. The Kier molecular flexibility index (Phi) is 1.97.